The largest absolute Gasteiger partial charge is 0.361 e. The first-order valence-electron chi connectivity index (χ1n) is 13.8. The molecule has 42 heavy (non-hydrogen) atoms. The van der Waals surface area contributed by atoms with Crippen molar-refractivity contribution in [3.8, 4) is 6.07 Å². The fraction of sp³-hybridized carbons (Fsp3) is 0.300. The number of H-pyrrole nitrogens is 2. The molecule has 0 radical (unpaired) electrons. The zero-order valence-corrected chi connectivity index (χ0v) is 24.3. The number of sulfonamides is 1. The summed E-state index contributed by atoms with van der Waals surface area (Å²) >= 11 is 0. The number of pyridine rings is 1. The van der Waals surface area contributed by atoms with Crippen molar-refractivity contribution in [2.75, 3.05) is 32.5 Å². The normalized spacial score (nSPS) is 15.8. The van der Waals surface area contributed by atoms with Gasteiger partial charge in [-0.2, -0.15) is 10.4 Å². The van der Waals surface area contributed by atoms with Crippen molar-refractivity contribution in [2.45, 2.75) is 36.2 Å². The zero-order valence-electron chi connectivity index (χ0n) is 23.5. The molecule has 216 valence electrons. The number of hydrogen-bond acceptors (Lipinski definition) is 7. The molecule has 0 aliphatic carbocycles. The van der Waals surface area contributed by atoms with Gasteiger partial charge in [0.25, 0.3) is 5.56 Å². The Bertz CT molecular complexity index is 1970. The van der Waals surface area contributed by atoms with Crippen LogP contribution in [0.25, 0.3) is 21.8 Å². The molecule has 0 atom stereocenters. The van der Waals surface area contributed by atoms with Crippen LogP contribution in [0.2, 0.25) is 0 Å². The van der Waals surface area contributed by atoms with E-state index in [0.717, 1.165) is 29.5 Å². The van der Waals surface area contributed by atoms with Crippen molar-refractivity contribution < 1.29 is 8.42 Å². The molecule has 3 aromatic heterocycles. The highest BCUT2D eigenvalue weighted by atomic mass is 32.2. The van der Waals surface area contributed by atoms with Gasteiger partial charge >= 0.3 is 0 Å². The SMILES string of the molecule is CN(C)S(=O)(=O)c1ccccc1Nc1nn(C2(CC#N)CCN(Cc3cccc4[nH]ccc34)CC2)c2cc[nH]c(=O)c12. The lowest BCUT2D eigenvalue weighted by molar-refractivity contribution is 0.102. The third kappa shape index (κ3) is 4.75. The molecule has 5 aromatic rings. The zero-order chi connectivity index (χ0) is 29.5. The maximum Gasteiger partial charge on any atom is 0.261 e. The van der Waals surface area contributed by atoms with Gasteiger partial charge in [-0.15, -0.1) is 0 Å². The van der Waals surface area contributed by atoms with E-state index in [0.29, 0.717) is 29.4 Å². The monoisotopic (exact) mass is 584 g/mol. The van der Waals surface area contributed by atoms with E-state index < -0.39 is 15.6 Å². The highest BCUT2D eigenvalue weighted by Crippen LogP contribution is 2.38. The molecule has 2 aromatic carbocycles. The van der Waals surface area contributed by atoms with E-state index in [4.69, 9.17) is 5.10 Å². The van der Waals surface area contributed by atoms with Gasteiger partial charge in [0, 0.05) is 57.0 Å². The minimum absolute atomic E-state index is 0.0718. The first-order valence-corrected chi connectivity index (χ1v) is 15.2. The molecule has 3 N–H and O–H groups in total. The number of nitrogens with one attached hydrogen (secondary N) is 3. The molecule has 11 nitrogen and oxygen atoms in total. The van der Waals surface area contributed by atoms with Crippen molar-refractivity contribution in [2.24, 2.45) is 0 Å². The molecule has 4 heterocycles. The molecule has 6 rings (SSSR count). The van der Waals surface area contributed by atoms with Crippen molar-refractivity contribution in [3.63, 3.8) is 0 Å². The Kier molecular flexibility index (Phi) is 7.10. The molecule has 0 amide bonds. The number of para-hydroxylation sites is 1. The predicted octanol–water partition coefficient (Wildman–Crippen LogP) is 4.10. The Hall–Kier alpha value is -4.44. The number of piperidine rings is 1. The summed E-state index contributed by atoms with van der Waals surface area (Å²) < 4.78 is 29.0. The summed E-state index contributed by atoms with van der Waals surface area (Å²) in [7, 11) is -0.828. The predicted molar refractivity (Wildman–Crippen MR) is 162 cm³/mol. The van der Waals surface area contributed by atoms with Gasteiger partial charge in [0.05, 0.1) is 29.2 Å². The van der Waals surface area contributed by atoms with Gasteiger partial charge in [0.15, 0.2) is 5.82 Å². The minimum Gasteiger partial charge on any atom is -0.361 e. The van der Waals surface area contributed by atoms with Crippen LogP contribution in [0.3, 0.4) is 0 Å². The van der Waals surface area contributed by atoms with E-state index in [-0.39, 0.29) is 22.7 Å². The van der Waals surface area contributed by atoms with Crippen LogP contribution < -0.4 is 10.9 Å². The molecule has 0 spiro atoms. The molecule has 12 heteroatoms. The standard InChI is InChI=1S/C30H32N8O3S/c1-36(2)42(40,41)26-9-4-3-7-24(26)34-28-27-25(11-17-33-29(27)39)38(35-28)30(12-15-31)13-18-37(19-14-30)20-21-6-5-8-23-22(21)10-16-32-23/h3-11,16-17,32H,12-14,18-20H2,1-2H3,(H,33,39)(H,34,35). The lowest BCUT2D eigenvalue weighted by atomic mass is 9.84. The number of anilines is 2. The van der Waals surface area contributed by atoms with E-state index in [1.165, 1.54) is 31.1 Å². The highest BCUT2D eigenvalue weighted by Gasteiger charge is 2.39. The Morgan fingerprint density at radius 1 is 1.05 bits per heavy atom. The quantitative estimate of drug-likeness (QED) is 0.249. The summed E-state index contributed by atoms with van der Waals surface area (Å²) in [5.74, 6) is 0.243. The van der Waals surface area contributed by atoms with Crippen molar-refractivity contribution in [3.05, 3.63) is 82.9 Å². The van der Waals surface area contributed by atoms with Crippen LogP contribution in [0.15, 0.2) is 76.7 Å². The lowest BCUT2D eigenvalue weighted by Crippen LogP contribution is -2.46. The number of nitriles is 1. The first kappa shape index (κ1) is 27.7. The van der Waals surface area contributed by atoms with E-state index in [1.807, 2.05) is 10.9 Å². The fourth-order valence-corrected chi connectivity index (χ4v) is 6.95. The third-order valence-electron chi connectivity index (χ3n) is 8.23. The van der Waals surface area contributed by atoms with Gasteiger partial charge in [-0.05, 0) is 48.7 Å². The van der Waals surface area contributed by atoms with Crippen molar-refractivity contribution >= 4 is 43.3 Å². The van der Waals surface area contributed by atoms with Crippen LogP contribution in [-0.2, 0) is 22.1 Å². The van der Waals surface area contributed by atoms with Gasteiger partial charge < -0.3 is 15.3 Å². The second kappa shape index (κ2) is 10.8. The number of rotatable bonds is 8. The summed E-state index contributed by atoms with van der Waals surface area (Å²) in [5, 5.41) is 19.5. The molecule has 1 aliphatic rings. The van der Waals surface area contributed by atoms with Gasteiger partial charge in [-0.25, -0.2) is 12.7 Å². The summed E-state index contributed by atoms with van der Waals surface area (Å²) in [5.41, 5.74) is 2.27. The molecule has 1 fully saturated rings. The van der Waals surface area contributed by atoms with Crippen LogP contribution in [0.5, 0.6) is 0 Å². The average Bonchev–Trinajstić information content (AvgIpc) is 3.61. The van der Waals surface area contributed by atoms with Crippen LogP contribution in [-0.4, -0.2) is 64.6 Å². The molecule has 0 bridgehead atoms. The summed E-state index contributed by atoms with van der Waals surface area (Å²) in [6, 6.07) is 19.1. The minimum atomic E-state index is -3.77. The Morgan fingerprint density at radius 3 is 2.57 bits per heavy atom. The molecule has 0 saturated carbocycles. The number of hydrogen-bond donors (Lipinski definition) is 3. The van der Waals surface area contributed by atoms with Crippen LogP contribution in [0.4, 0.5) is 11.5 Å². The molecule has 0 unspecified atom stereocenters. The summed E-state index contributed by atoms with van der Waals surface area (Å²) in [4.78, 5) is 21.6. The second-order valence-electron chi connectivity index (χ2n) is 10.9. The topological polar surface area (TPSA) is 143 Å². The van der Waals surface area contributed by atoms with E-state index in [1.54, 1.807) is 30.5 Å². The third-order valence-corrected chi connectivity index (χ3v) is 10.1. The van der Waals surface area contributed by atoms with E-state index >= 15 is 0 Å². The van der Waals surface area contributed by atoms with Crippen LogP contribution in [0.1, 0.15) is 24.8 Å². The Balaban J connectivity index is 1.36. The van der Waals surface area contributed by atoms with Gasteiger partial charge in [-0.3, -0.25) is 14.4 Å². The maximum atomic E-state index is 13.1. The first-order chi connectivity index (χ1) is 20.2. The van der Waals surface area contributed by atoms with Gasteiger partial charge in [-0.1, -0.05) is 24.3 Å². The molecular formula is C30H32N8O3S. The highest BCUT2D eigenvalue weighted by molar-refractivity contribution is 7.89. The Morgan fingerprint density at radius 2 is 1.81 bits per heavy atom. The fourth-order valence-electron chi connectivity index (χ4n) is 5.91. The van der Waals surface area contributed by atoms with Crippen LogP contribution >= 0.6 is 0 Å². The van der Waals surface area contributed by atoms with Crippen molar-refractivity contribution in [1.82, 2.24) is 29.0 Å². The number of benzene rings is 2. The van der Waals surface area contributed by atoms with Crippen molar-refractivity contribution in [1.29, 1.82) is 5.26 Å². The van der Waals surface area contributed by atoms with E-state index in [9.17, 15) is 18.5 Å². The number of fused-ring (bicyclic) bond motifs is 2. The second-order valence-corrected chi connectivity index (χ2v) is 13.0. The van der Waals surface area contributed by atoms with E-state index in [2.05, 4.69) is 50.5 Å². The number of aromatic nitrogens is 4. The van der Waals surface area contributed by atoms with Crippen LogP contribution in [0, 0.1) is 11.3 Å². The molecular weight excluding hydrogens is 552 g/mol. The van der Waals surface area contributed by atoms with Gasteiger partial charge in [0.1, 0.15) is 10.3 Å². The molecule has 1 aliphatic heterocycles. The number of likely N-dealkylation sites (tertiary alicyclic amines) is 1. The summed E-state index contributed by atoms with van der Waals surface area (Å²) in [6.45, 7) is 2.29. The maximum absolute atomic E-state index is 13.1. The lowest BCUT2D eigenvalue weighted by Gasteiger charge is -2.41. The molecule has 1 saturated heterocycles. The van der Waals surface area contributed by atoms with Gasteiger partial charge in [0.2, 0.25) is 10.0 Å². The number of aromatic amines is 2. The smallest absolute Gasteiger partial charge is 0.261 e. The average molecular weight is 585 g/mol. The Labute approximate surface area is 243 Å². The summed E-state index contributed by atoms with van der Waals surface area (Å²) in [6.07, 6.45) is 5.08. The number of nitrogens with zero attached hydrogens (tertiary/aromatic N) is 5.